The number of para-hydroxylation sites is 1. The van der Waals surface area contributed by atoms with E-state index in [-0.39, 0.29) is 5.41 Å². The first-order chi connectivity index (χ1) is 8.86. The van der Waals surface area contributed by atoms with Gasteiger partial charge in [-0.1, -0.05) is 31.0 Å². The Morgan fingerprint density at radius 2 is 1.67 bits per heavy atom. The molecule has 94 valence electrons. The molecular formula is C16H20N2. The van der Waals surface area contributed by atoms with Gasteiger partial charge in [0.2, 0.25) is 0 Å². The van der Waals surface area contributed by atoms with Gasteiger partial charge in [-0.05, 0) is 37.3 Å². The summed E-state index contributed by atoms with van der Waals surface area (Å²) in [6, 6.07) is 11.2. The maximum atomic E-state index is 9.67. The molecule has 0 bridgehead atoms. The van der Waals surface area contributed by atoms with Gasteiger partial charge in [0.05, 0.1) is 11.5 Å². The Balaban J connectivity index is 2.03. The van der Waals surface area contributed by atoms with E-state index in [1.807, 2.05) is 0 Å². The van der Waals surface area contributed by atoms with Crippen molar-refractivity contribution in [2.24, 2.45) is 0 Å². The van der Waals surface area contributed by atoms with E-state index < -0.39 is 0 Å². The predicted molar refractivity (Wildman–Crippen MR) is 73.6 cm³/mol. The Hall–Kier alpha value is -1.49. The molecule has 0 aromatic heterocycles. The minimum Gasteiger partial charge on any atom is -0.371 e. The van der Waals surface area contributed by atoms with Crippen LogP contribution in [0.1, 0.15) is 44.1 Å². The zero-order valence-electron chi connectivity index (χ0n) is 10.9. The van der Waals surface area contributed by atoms with Crippen LogP contribution in [-0.4, -0.2) is 13.1 Å². The molecule has 1 aromatic rings. The fourth-order valence-electron chi connectivity index (χ4n) is 3.53. The van der Waals surface area contributed by atoms with E-state index in [1.165, 1.54) is 36.9 Å². The van der Waals surface area contributed by atoms with Crippen LogP contribution in [0.2, 0.25) is 0 Å². The van der Waals surface area contributed by atoms with Crippen LogP contribution < -0.4 is 4.90 Å². The number of benzene rings is 1. The van der Waals surface area contributed by atoms with Gasteiger partial charge < -0.3 is 4.90 Å². The average Bonchev–Trinajstić information content (AvgIpc) is 3.11. The molecule has 0 spiro atoms. The van der Waals surface area contributed by atoms with Gasteiger partial charge in [-0.15, -0.1) is 0 Å². The van der Waals surface area contributed by atoms with Crippen LogP contribution in [0.3, 0.4) is 0 Å². The molecule has 2 heteroatoms. The smallest absolute Gasteiger partial charge is 0.0842 e. The van der Waals surface area contributed by atoms with Crippen molar-refractivity contribution in [3.63, 3.8) is 0 Å². The van der Waals surface area contributed by atoms with Crippen LogP contribution in [0, 0.1) is 11.3 Å². The molecule has 1 saturated heterocycles. The normalized spacial score (nSPS) is 22.1. The Morgan fingerprint density at radius 1 is 1.00 bits per heavy atom. The molecule has 1 saturated carbocycles. The Labute approximate surface area is 109 Å². The van der Waals surface area contributed by atoms with E-state index in [4.69, 9.17) is 0 Å². The molecular weight excluding hydrogens is 220 g/mol. The lowest BCUT2D eigenvalue weighted by atomic mass is 9.79. The summed E-state index contributed by atoms with van der Waals surface area (Å²) in [5.41, 5.74) is 2.39. The standard InChI is InChI=1S/C16H20N2/c17-13-16(9-3-4-10-16)14-7-1-2-8-15(14)18-11-5-6-12-18/h1-2,7-8H,3-6,9-12H2. The van der Waals surface area contributed by atoms with Gasteiger partial charge >= 0.3 is 0 Å². The highest BCUT2D eigenvalue weighted by molar-refractivity contribution is 5.59. The lowest BCUT2D eigenvalue weighted by Crippen LogP contribution is -2.26. The lowest BCUT2D eigenvalue weighted by Gasteiger charge is -2.28. The van der Waals surface area contributed by atoms with Gasteiger partial charge in [-0.3, -0.25) is 0 Å². The Bertz CT molecular complexity index is 460. The third kappa shape index (κ3) is 1.79. The monoisotopic (exact) mass is 240 g/mol. The second-order valence-corrected chi connectivity index (χ2v) is 5.61. The molecule has 0 atom stereocenters. The van der Waals surface area contributed by atoms with Crippen LogP contribution in [0.15, 0.2) is 24.3 Å². The van der Waals surface area contributed by atoms with Gasteiger partial charge in [-0.2, -0.15) is 5.26 Å². The van der Waals surface area contributed by atoms with E-state index >= 15 is 0 Å². The van der Waals surface area contributed by atoms with Crippen LogP contribution in [-0.2, 0) is 5.41 Å². The van der Waals surface area contributed by atoms with E-state index in [9.17, 15) is 5.26 Å². The molecule has 1 heterocycles. The van der Waals surface area contributed by atoms with Crippen molar-refractivity contribution in [1.82, 2.24) is 0 Å². The molecule has 3 rings (SSSR count). The van der Waals surface area contributed by atoms with E-state index in [0.29, 0.717) is 0 Å². The van der Waals surface area contributed by atoms with Crippen molar-refractivity contribution in [3.05, 3.63) is 29.8 Å². The summed E-state index contributed by atoms with van der Waals surface area (Å²) in [6.07, 6.45) is 7.04. The van der Waals surface area contributed by atoms with Crippen LogP contribution >= 0.6 is 0 Å². The quantitative estimate of drug-likeness (QED) is 0.789. The zero-order valence-corrected chi connectivity index (χ0v) is 10.9. The van der Waals surface area contributed by atoms with Crippen molar-refractivity contribution in [2.75, 3.05) is 18.0 Å². The molecule has 0 N–H and O–H groups in total. The predicted octanol–water partition coefficient (Wildman–Crippen LogP) is 3.62. The lowest BCUT2D eigenvalue weighted by molar-refractivity contribution is 0.572. The summed E-state index contributed by atoms with van der Waals surface area (Å²) < 4.78 is 0. The van der Waals surface area contributed by atoms with Crippen molar-refractivity contribution < 1.29 is 0 Å². The summed E-state index contributed by atoms with van der Waals surface area (Å²) in [7, 11) is 0. The van der Waals surface area contributed by atoms with E-state index in [2.05, 4.69) is 35.2 Å². The highest BCUT2D eigenvalue weighted by atomic mass is 15.1. The molecule has 0 amide bonds. The molecule has 0 radical (unpaired) electrons. The highest BCUT2D eigenvalue weighted by Crippen LogP contribution is 2.44. The highest BCUT2D eigenvalue weighted by Gasteiger charge is 2.38. The fraction of sp³-hybridized carbons (Fsp3) is 0.562. The van der Waals surface area contributed by atoms with E-state index in [1.54, 1.807) is 0 Å². The summed E-state index contributed by atoms with van der Waals surface area (Å²) in [4.78, 5) is 2.47. The molecule has 0 unspecified atom stereocenters. The molecule has 1 aliphatic heterocycles. The molecule has 18 heavy (non-hydrogen) atoms. The van der Waals surface area contributed by atoms with Crippen LogP contribution in [0.5, 0.6) is 0 Å². The fourth-order valence-corrected chi connectivity index (χ4v) is 3.53. The Kier molecular flexibility index (Phi) is 2.99. The minimum absolute atomic E-state index is 0.209. The second kappa shape index (κ2) is 4.65. The third-order valence-electron chi connectivity index (χ3n) is 4.54. The van der Waals surface area contributed by atoms with Gasteiger partial charge in [0, 0.05) is 18.8 Å². The van der Waals surface area contributed by atoms with Gasteiger partial charge in [0.1, 0.15) is 0 Å². The summed E-state index contributed by atoms with van der Waals surface area (Å²) in [5, 5.41) is 9.67. The number of hydrogen-bond donors (Lipinski definition) is 0. The maximum absolute atomic E-state index is 9.67. The first-order valence-electron chi connectivity index (χ1n) is 7.11. The summed E-state index contributed by atoms with van der Waals surface area (Å²) >= 11 is 0. The number of anilines is 1. The first kappa shape index (κ1) is 11.6. The van der Waals surface area contributed by atoms with Crippen molar-refractivity contribution in [3.8, 4) is 6.07 Å². The first-order valence-corrected chi connectivity index (χ1v) is 7.11. The average molecular weight is 240 g/mol. The van der Waals surface area contributed by atoms with E-state index in [0.717, 1.165) is 25.9 Å². The van der Waals surface area contributed by atoms with Gasteiger partial charge in [0.25, 0.3) is 0 Å². The second-order valence-electron chi connectivity index (χ2n) is 5.61. The largest absolute Gasteiger partial charge is 0.371 e. The van der Waals surface area contributed by atoms with Gasteiger partial charge in [0.15, 0.2) is 0 Å². The minimum atomic E-state index is -0.209. The van der Waals surface area contributed by atoms with Crippen molar-refractivity contribution in [1.29, 1.82) is 5.26 Å². The number of rotatable bonds is 2. The number of nitrogens with zero attached hydrogens (tertiary/aromatic N) is 2. The summed E-state index contributed by atoms with van der Waals surface area (Å²) in [6.45, 7) is 2.30. The van der Waals surface area contributed by atoms with Crippen molar-refractivity contribution >= 4 is 5.69 Å². The molecule has 1 aliphatic carbocycles. The topological polar surface area (TPSA) is 27.0 Å². The molecule has 2 aliphatic rings. The van der Waals surface area contributed by atoms with Gasteiger partial charge in [-0.25, -0.2) is 0 Å². The number of hydrogen-bond acceptors (Lipinski definition) is 2. The maximum Gasteiger partial charge on any atom is 0.0842 e. The molecule has 2 fully saturated rings. The van der Waals surface area contributed by atoms with Crippen LogP contribution in [0.25, 0.3) is 0 Å². The van der Waals surface area contributed by atoms with Crippen molar-refractivity contribution in [2.45, 2.75) is 43.9 Å². The molecule has 1 aromatic carbocycles. The Morgan fingerprint density at radius 3 is 2.33 bits per heavy atom. The van der Waals surface area contributed by atoms with Crippen LogP contribution in [0.4, 0.5) is 5.69 Å². The SMILES string of the molecule is N#CC1(c2ccccc2N2CCCC2)CCCC1. The third-order valence-corrected chi connectivity index (χ3v) is 4.54. The number of nitriles is 1. The molecule has 2 nitrogen and oxygen atoms in total. The zero-order chi connectivity index (χ0) is 12.4. The summed E-state index contributed by atoms with van der Waals surface area (Å²) in [5.74, 6) is 0.